The van der Waals surface area contributed by atoms with Crippen LogP contribution >= 0.6 is 0 Å². The molecule has 27 heavy (non-hydrogen) atoms. The molecule has 0 saturated carbocycles. The molecule has 0 unspecified atom stereocenters. The van der Waals surface area contributed by atoms with E-state index in [4.69, 9.17) is 4.74 Å². The zero-order valence-electron chi connectivity index (χ0n) is 15.0. The predicted molar refractivity (Wildman–Crippen MR) is 105 cm³/mol. The van der Waals surface area contributed by atoms with E-state index in [1.54, 1.807) is 60.7 Å². The summed E-state index contributed by atoms with van der Waals surface area (Å²) in [5, 5.41) is 0. The fourth-order valence-electron chi connectivity index (χ4n) is 2.64. The van der Waals surface area contributed by atoms with Gasteiger partial charge >= 0.3 is 5.97 Å². The number of sulfonamides is 1. The maximum atomic E-state index is 12.6. The van der Waals surface area contributed by atoms with Crippen LogP contribution < -0.4 is 4.72 Å². The Hall–Kier alpha value is -3.12. The molecule has 3 rings (SSSR count). The number of aryl methyl sites for hydroxylation is 1. The highest BCUT2D eigenvalue weighted by Crippen LogP contribution is 2.25. The third kappa shape index (κ3) is 4.35. The lowest BCUT2D eigenvalue weighted by atomic mass is 10.0. The Morgan fingerprint density at radius 2 is 1.52 bits per heavy atom. The van der Waals surface area contributed by atoms with Crippen molar-refractivity contribution in [1.82, 2.24) is 0 Å². The Morgan fingerprint density at radius 1 is 0.889 bits per heavy atom. The van der Waals surface area contributed by atoms with Gasteiger partial charge in [0.1, 0.15) is 0 Å². The van der Waals surface area contributed by atoms with Gasteiger partial charge in [-0.1, -0.05) is 42.0 Å². The lowest BCUT2D eigenvalue weighted by Gasteiger charge is -2.10. The van der Waals surface area contributed by atoms with E-state index in [-0.39, 0.29) is 4.90 Å². The van der Waals surface area contributed by atoms with E-state index in [0.29, 0.717) is 11.3 Å². The standard InChI is InChI=1S/C21H19NO4S/c1-15-9-11-20(12-10-15)27(24,25)22-19-8-4-6-17(14-19)16-5-3-7-18(13-16)21(23)26-2/h3-14,22H,1-2H3. The predicted octanol–water partition coefficient (Wildman–Crippen LogP) is 4.25. The molecule has 138 valence electrons. The highest BCUT2D eigenvalue weighted by molar-refractivity contribution is 7.92. The van der Waals surface area contributed by atoms with Crippen molar-refractivity contribution in [2.45, 2.75) is 11.8 Å². The van der Waals surface area contributed by atoms with Crippen LogP contribution in [0.2, 0.25) is 0 Å². The molecule has 0 aliphatic rings. The third-order valence-corrected chi connectivity index (χ3v) is 5.46. The number of hydrogen-bond acceptors (Lipinski definition) is 4. The highest BCUT2D eigenvalue weighted by Gasteiger charge is 2.14. The van der Waals surface area contributed by atoms with Crippen molar-refractivity contribution in [2.24, 2.45) is 0 Å². The van der Waals surface area contributed by atoms with Crippen LogP contribution in [-0.2, 0) is 14.8 Å². The molecule has 3 aromatic rings. The average Bonchev–Trinajstić information content (AvgIpc) is 2.67. The zero-order chi connectivity index (χ0) is 19.4. The van der Waals surface area contributed by atoms with Crippen LogP contribution in [0.25, 0.3) is 11.1 Å². The number of hydrogen-bond donors (Lipinski definition) is 1. The second-order valence-corrected chi connectivity index (χ2v) is 7.75. The number of carbonyl (C=O) groups excluding carboxylic acids is 1. The van der Waals surface area contributed by atoms with E-state index in [9.17, 15) is 13.2 Å². The van der Waals surface area contributed by atoms with Gasteiger partial charge in [-0.2, -0.15) is 0 Å². The van der Waals surface area contributed by atoms with E-state index < -0.39 is 16.0 Å². The van der Waals surface area contributed by atoms with Gasteiger partial charge in [0.25, 0.3) is 10.0 Å². The average molecular weight is 381 g/mol. The minimum atomic E-state index is -3.68. The molecule has 0 aliphatic heterocycles. The number of anilines is 1. The summed E-state index contributed by atoms with van der Waals surface area (Å²) in [5.74, 6) is -0.423. The summed E-state index contributed by atoms with van der Waals surface area (Å²) < 4.78 is 32.5. The van der Waals surface area contributed by atoms with Crippen molar-refractivity contribution >= 4 is 21.7 Å². The zero-order valence-corrected chi connectivity index (χ0v) is 15.8. The van der Waals surface area contributed by atoms with E-state index in [1.165, 1.54) is 7.11 Å². The van der Waals surface area contributed by atoms with Gasteiger partial charge in [0.2, 0.25) is 0 Å². The summed E-state index contributed by atoms with van der Waals surface area (Å²) in [6.07, 6.45) is 0. The number of esters is 1. The minimum absolute atomic E-state index is 0.200. The number of carbonyl (C=O) groups is 1. The van der Waals surface area contributed by atoms with Crippen molar-refractivity contribution in [1.29, 1.82) is 0 Å². The lowest BCUT2D eigenvalue weighted by molar-refractivity contribution is 0.0601. The van der Waals surface area contributed by atoms with Gasteiger partial charge in [-0.15, -0.1) is 0 Å². The normalized spacial score (nSPS) is 11.0. The molecule has 0 saturated heterocycles. The van der Waals surface area contributed by atoms with Gasteiger partial charge in [-0.25, -0.2) is 13.2 Å². The SMILES string of the molecule is COC(=O)c1cccc(-c2cccc(NS(=O)(=O)c3ccc(C)cc3)c2)c1. The van der Waals surface area contributed by atoms with Gasteiger partial charge in [0.05, 0.1) is 17.6 Å². The summed E-state index contributed by atoms with van der Waals surface area (Å²) in [6.45, 7) is 1.90. The van der Waals surface area contributed by atoms with Crippen LogP contribution in [0.4, 0.5) is 5.69 Å². The van der Waals surface area contributed by atoms with Crippen molar-refractivity contribution in [2.75, 3.05) is 11.8 Å². The third-order valence-electron chi connectivity index (χ3n) is 4.06. The first-order valence-electron chi connectivity index (χ1n) is 8.27. The van der Waals surface area contributed by atoms with E-state index in [0.717, 1.165) is 16.7 Å². The Bertz CT molecular complexity index is 1070. The second kappa shape index (κ2) is 7.63. The first-order chi connectivity index (χ1) is 12.9. The Labute approximate surface area is 158 Å². The summed E-state index contributed by atoms with van der Waals surface area (Å²) in [4.78, 5) is 11.9. The number of ether oxygens (including phenoxy) is 1. The monoisotopic (exact) mass is 381 g/mol. The molecule has 0 spiro atoms. The van der Waals surface area contributed by atoms with Crippen LogP contribution in [-0.4, -0.2) is 21.5 Å². The number of benzene rings is 3. The maximum Gasteiger partial charge on any atom is 0.337 e. The molecular formula is C21H19NO4S. The molecule has 0 amide bonds. The molecule has 1 N–H and O–H groups in total. The Balaban J connectivity index is 1.90. The van der Waals surface area contributed by atoms with E-state index in [1.807, 2.05) is 19.1 Å². The summed E-state index contributed by atoms with van der Waals surface area (Å²) >= 11 is 0. The van der Waals surface area contributed by atoms with Gasteiger partial charge in [-0.05, 0) is 54.4 Å². The van der Waals surface area contributed by atoms with Crippen LogP contribution in [0.1, 0.15) is 15.9 Å². The fourth-order valence-corrected chi connectivity index (χ4v) is 3.69. The molecule has 0 aromatic heterocycles. The summed E-state index contributed by atoms with van der Waals surface area (Å²) in [6, 6.07) is 20.6. The Morgan fingerprint density at radius 3 is 2.19 bits per heavy atom. The molecule has 6 heteroatoms. The van der Waals surface area contributed by atoms with Crippen molar-refractivity contribution in [3.8, 4) is 11.1 Å². The van der Waals surface area contributed by atoms with Crippen LogP contribution in [0.5, 0.6) is 0 Å². The topological polar surface area (TPSA) is 72.5 Å². The molecule has 3 aromatic carbocycles. The highest BCUT2D eigenvalue weighted by atomic mass is 32.2. The Kier molecular flexibility index (Phi) is 5.28. The minimum Gasteiger partial charge on any atom is -0.465 e. The van der Waals surface area contributed by atoms with Gasteiger partial charge < -0.3 is 4.74 Å². The number of methoxy groups -OCH3 is 1. The van der Waals surface area contributed by atoms with E-state index >= 15 is 0 Å². The van der Waals surface area contributed by atoms with Crippen molar-refractivity contribution in [3.63, 3.8) is 0 Å². The van der Waals surface area contributed by atoms with Crippen LogP contribution in [0.3, 0.4) is 0 Å². The van der Waals surface area contributed by atoms with Gasteiger partial charge in [0, 0.05) is 5.69 Å². The number of nitrogens with one attached hydrogen (secondary N) is 1. The van der Waals surface area contributed by atoms with Crippen molar-refractivity contribution < 1.29 is 17.9 Å². The van der Waals surface area contributed by atoms with E-state index in [2.05, 4.69) is 4.72 Å². The summed E-state index contributed by atoms with van der Waals surface area (Å²) in [7, 11) is -2.35. The maximum absolute atomic E-state index is 12.6. The molecule has 0 radical (unpaired) electrons. The number of rotatable bonds is 5. The molecule has 0 fully saturated rings. The fraction of sp³-hybridized carbons (Fsp3) is 0.0952. The van der Waals surface area contributed by atoms with Crippen LogP contribution in [0, 0.1) is 6.92 Å². The van der Waals surface area contributed by atoms with Gasteiger partial charge in [-0.3, -0.25) is 4.72 Å². The largest absolute Gasteiger partial charge is 0.465 e. The molecule has 0 atom stereocenters. The summed E-state index contributed by atoms with van der Waals surface area (Å²) in [5.41, 5.74) is 3.43. The first kappa shape index (κ1) is 18.7. The van der Waals surface area contributed by atoms with Crippen molar-refractivity contribution in [3.05, 3.63) is 83.9 Å². The van der Waals surface area contributed by atoms with Crippen LogP contribution in [0.15, 0.2) is 77.7 Å². The molecule has 0 heterocycles. The van der Waals surface area contributed by atoms with Gasteiger partial charge in [0.15, 0.2) is 0 Å². The quantitative estimate of drug-likeness (QED) is 0.671. The second-order valence-electron chi connectivity index (χ2n) is 6.07. The molecular weight excluding hydrogens is 362 g/mol. The smallest absolute Gasteiger partial charge is 0.337 e. The molecule has 0 aliphatic carbocycles. The molecule has 0 bridgehead atoms. The first-order valence-corrected chi connectivity index (χ1v) is 9.76. The lowest BCUT2D eigenvalue weighted by Crippen LogP contribution is -2.12. The molecule has 5 nitrogen and oxygen atoms in total.